The van der Waals surface area contributed by atoms with Crippen molar-refractivity contribution in [2.45, 2.75) is 38.0 Å². The first-order chi connectivity index (χ1) is 14.7. The smallest absolute Gasteiger partial charge is 0.222 e. The number of benzene rings is 2. The lowest BCUT2D eigenvalue weighted by molar-refractivity contribution is -0.132. The number of halogens is 1. The Morgan fingerprint density at radius 3 is 2.37 bits per heavy atom. The van der Waals surface area contributed by atoms with E-state index in [0.717, 1.165) is 49.3 Å². The number of pyridine rings is 1. The van der Waals surface area contributed by atoms with Gasteiger partial charge in [-0.25, -0.2) is 4.39 Å². The van der Waals surface area contributed by atoms with Gasteiger partial charge < -0.3 is 4.90 Å². The van der Waals surface area contributed by atoms with Crippen molar-refractivity contribution >= 4 is 5.91 Å². The number of aryl methyl sites for hydroxylation is 1. The zero-order valence-corrected chi connectivity index (χ0v) is 17.1. The van der Waals surface area contributed by atoms with E-state index in [9.17, 15) is 9.18 Å². The number of amides is 1. The second-order valence-corrected chi connectivity index (χ2v) is 8.00. The Labute approximate surface area is 177 Å². The fourth-order valence-electron chi connectivity index (χ4n) is 4.11. The Kier molecular flexibility index (Phi) is 6.53. The van der Waals surface area contributed by atoms with Crippen molar-refractivity contribution in [3.05, 3.63) is 101 Å². The third kappa shape index (κ3) is 5.32. The summed E-state index contributed by atoms with van der Waals surface area (Å²) in [6.45, 7) is 1.59. The number of hydrogen-bond donors (Lipinski definition) is 0. The van der Waals surface area contributed by atoms with E-state index in [0.29, 0.717) is 18.8 Å². The van der Waals surface area contributed by atoms with Crippen LogP contribution in [-0.2, 0) is 17.6 Å². The molecule has 0 bridgehead atoms. The van der Waals surface area contributed by atoms with E-state index in [1.54, 1.807) is 0 Å². The van der Waals surface area contributed by atoms with Gasteiger partial charge in [0.15, 0.2) is 0 Å². The number of hydrogen-bond acceptors (Lipinski definition) is 2. The summed E-state index contributed by atoms with van der Waals surface area (Å²) in [7, 11) is 0. The zero-order valence-electron chi connectivity index (χ0n) is 17.1. The molecule has 1 fully saturated rings. The maximum atomic E-state index is 13.1. The Morgan fingerprint density at radius 1 is 0.900 bits per heavy atom. The molecule has 1 aliphatic rings. The Hall–Kier alpha value is -3.01. The average molecular weight is 403 g/mol. The summed E-state index contributed by atoms with van der Waals surface area (Å²) in [4.78, 5) is 19.4. The molecule has 0 unspecified atom stereocenters. The number of carbonyl (C=O) groups excluding carboxylic acids is 1. The van der Waals surface area contributed by atoms with Crippen LogP contribution in [0.2, 0.25) is 0 Å². The van der Waals surface area contributed by atoms with Crippen LogP contribution >= 0.6 is 0 Å². The zero-order chi connectivity index (χ0) is 20.8. The standard InChI is InChI=1S/C26H27FN2O/c27-23-12-9-21(10-13-23)19-24-7-4-8-25(28-24)22-15-17-29(18-16-22)26(30)14-11-20-5-2-1-3-6-20/h1-10,12-13,22H,11,14-19H2. The van der Waals surface area contributed by atoms with Crippen LogP contribution in [0.4, 0.5) is 4.39 Å². The van der Waals surface area contributed by atoms with Gasteiger partial charge in [-0.1, -0.05) is 48.5 Å². The molecule has 0 saturated carbocycles. The van der Waals surface area contributed by atoms with E-state index >= 15 is 0 Å². The van der Waals surface area contributed by atoms with Crippen molar-refractivity contribution in [1.82, 2.24) is 9.88 Å². The van der Waals surface area contributed by atoms with Gasteiger partial charge >= 0.3 is 0 Å². The van der Waals surface area contributed by atoms with Crippen molar-refractivity contribution < 1.29 is 9.18 Å². The highest BCUT2D eigenvalue weighted by Gasteiger charge is 2.24. The Bertz CT molecular complexity index is 964. The molecular weight excluding hydrogens is 375 g/mol. The number of likely N-dealkylation sites (tertiary alicyclic amines) is 1. The van der Waals surface area contributed by atoms with Crippen molar-refractivity contribution in [1.29, 1.82) is 0 Å². The SMILES string of the molecule is O=C(CCc1ccccc1)N1CCC(c2cccc(Cc3ccc(F)cc3)n2)CC1. The van der Waals surface area contributed by atoms with E-state index in [1.807, 2.05) is 41.3 Å². The average Bonchev–Trinajstić information content (AvgIpc) is 2.80. The second-order valence-electron chi connectivity index (χ2n) is 8.00. The van der Waals surface area contributed by atoms with E-state index in [-0.39, 0.29) is 11.7 Å². The molecule has 30 heavy (non-hydrogen) atoms. The van der Waals surface area contributed by atoms with E-state index in [2.05, 4.69) is 24.3 Å². The van der Waals surface area contributed by atoms with Crippen LogP contribution in [-0.4, -0.2) is 28.9 Å². The van der Waals surface area contributed by atoms with Crippen molar-refractivity contribution in [2.75, 3.05) is 13.1 Å². The lowest BCUT2D eigenvalue weighted by Gasteiger charge is -2.32. The fourth-order valence-corrected chi connectivity index (χ4v) is 4.11. The molecule has 3 aromatic rings. The molecule has 4 heteroatoms. The number of aromatic nitrogens is 1. The molecule has 3 nitrogen and oxygen atoms in total. The topological polar surface area (TPSA) is 33.2 Å². The van der Waals surface area contributed by atoms with E-state index in [4.69, 9.17) is 4.98 Å². The predicted molar refractivity (Wildman–Crippen MR) is 117 cm³/mol. The van der Waals surface area contributed by atoms with Crippen LogP contribution in [0.1, 0.15) is 47.7 Å². The van der Waals surface area contributed by atoms with Gasteiger partial charge in [0.25, 0.3) is 0 Å². The fraction of sp³-hybridized carbons (Fsp3) is 0.308. The molecule has 1 saturated heterocycles. The molecule has 0 radical (unpaired) electrons. The molecule has 0 spiro atoms. The first-order valence-electron chi connectivity index (χ1n) is 10.7. The largest absolute Gasteiger partial charge is 0.343 e. The maximum absolute atomic E-state index is 13.1. The number of piperidine rings is 1. The van der Waals surface area contributed by atoms with Gasteiger partial charge in [-0.15, -0.1) is 0 Å². The summed E-state index contributed by atoms with van der Waals surface area (Å²) in [6, 6.07) is 22.9. The van der Waals surface area contributed by atoms with Crippen LogP contribution in [0.5, 0.6) is 0 Å². The van der Waals surface area contributed by atoms with Crippen molar-refractivity contribution in [2.24, 2.45) is 0 Å². The highest BCUT2D eigenvalue weighted by molar-refractivity contribution is 5.76. The summed E-state index contributed by atoms with van der Waals surface area (Å²) in [5, 5.41) is 0. The molecule has 0 N–H and O–H groups in total. The molecule has 1 aliphatic heterocycles. The van der Waals surface area contributed by atoms with Gasteiger partial charge in [0.1, 0.15) is 5.82 Å². The molecule has 1 aromatic heterocycles. The number of rotatable bonds is 6. The number of nitrogens with zero attached hydrogens (tertiary/aromatic N) is 2. The highest BCUT2D eigenvalue weighted by Crippen LogP contribution is 2.27. The molecule has 2 aromatic carbocycles. The quantitative estimate of drug-likeness (QED) is 0.571. The third-order valence-corrected chi connectivity index (χ3v) is 5.86. The van der Waals surface area contributed by atoms with Crippen LogP contribution in [0.25, 0.3) is 0 Å². The molecule has 0 aliphatic carbocycles. The monoisotopic (exact) mass is 402 g/mol. The summed E-state index contributed by atoms with van der Waals surface area (Å²) in [5.74, 6) is 0.414. The lowest BCUT2D eigenvalue weighted by Crippen LogP contribution is -2.38. The maximum Gasteiger partial charge on any atom is 0.222 e. The van der Waals surface area contributed by atoms with Gasteiger partial charge in [0.05, 0.1) is 0 Å². The number of carbonyl (C=O) groups is 1. The summed E-state index contributed by atoms with van der Waals surface area (Å²) in [6.07, 6.45) is 3.96. The van der Waals surface area contributed by atoms with Crippen LogP contribution in [0, 0.1) is 5.82 Å². The minimum absolute atomic E-state index is 0.217. The minimum Gasteiger partial charge on any atom is -0.343 e. The first-order valence-corrected chi connectivity index (χ1v) is 10.7. The van der Waals surface area contributed by atoms with Crippen molar-refractivity contribution in [3.8, 4) is 0 Å². The Morgan fingerprint density at radius 2 is 1.63 bits per heavy atom. The molecule has 2 heterocycles. The van der Waals surface area contributed by atoms with Crippen molar-refractivity contribution in [3.63, 3.8) is 0 Å². The van der Waals surface area contributed by atoms with Gasteiger partial charge in [0, 0.05) is 43.2 Å². The summed E-state index contributed by atoms with van der Waals surface area (Å²) in [5.41, 5.74) is 4.37. The first kappa shape index (κ1) is 20.3. The van der Waals surface area contributed by atoms with Gasteiger partial charge in [0.2, 0.25) is 5.91 Å². The van der Waals surface area contributed by atoms with Gasteiger partial charge in [-0.05, 0) is 54.7 Å². The summed E-state index contributed by atoms with van der Waals surface area (Å²) < 4.78 is 13.1. The Balaban J connectivity index is 1.30. The molecular formula is C26H27FN2O. The minimum atomic E-state index is -0.217. The van der Waals surface area contributed by atoms with Gasteiger partial charge in [-0.3, -0.25) is 9.78 Å². The summed E-state index contributed by atoms with van der Waals surface area (Å²) >= 11 is 0. The molecule has 4 rings (SSSR count). The van der Waals surface area contributed by atoms with E-state index < -0.39 is 0 Å². The van der Waals surface area contributed by atoms with Gasteiger partial charge in [-0.2, -0.15) is 0 Å². The third-order valence-electron chi connectivity index (χ3n) is 5.86. The van der Waals surface area contributed by atoms with Crippen LogP contribution < -0.4 is 0 Å². The second kappa shape index (κ2) is 9.66. The van der Waals surface area contributed by atoms with Crippen LogP contribution in [0.3, 0.4) is 0 Å². The van der Waals surface area contributed by atoms with Crippen LogP contribution in [0.15, 0.2) is 72.8 Å². The highest BCUT2D eigenvalue weighted by atomic mass is 19.1. The molecule has 154 valence electrons. The normalized spacial score (nSPS) is 14.6. The predicted octanol–water partition coefficient (Wildman–Crippen LogP) is 5.15. The van der Waals surface area contributed by atoms with E-state index in [1.165, 1.54) is 17.7 Å². The lowest BCUT2D eigenvalue weighted by atomic mass is 9.92. The molecule has 1 amide bonds. The molecule has 0 atom stereocenters.